The lowest BCUT2D eigenvalue weighted by Gasteiger charge is -2.38. The largest absolute Gasteiger partial charge is 0.416 e. The number of likely N-dealkylation sites (tertiary alicyclic amines) is 1. The molecule has 0 unspecified atom stereocenters. The van der Waals surface area contributed by atoms with Crippen LogP contribution < -0.4 is 10.6 Å². The van der Waals surface area contributed by atoms with Crippen molar-refractivity contribution in [1.82, 2.24) is 20.4 Å². The Morgan fingerprint density at radius 2 is 2.19 bits per heavy atom. The first kappa shape index (κ1) is 22.7. The Morgan fingerprint density at radius 1 is 1.38 bits per heavy atom. The lowest BCUT2D eigenvalue weighted by Crippen LogP contribution is -2.56. The summed E-state index contributed by atoms with van der Waals surface area (Å²) < 4.78 is 40.1. The second-order valence-electron chi connectivity index (χ2n) is 8.53. The Labute approximate surface area is 187 Å². The first-order valence-corrected chi connectivity index (χ1v) is 11.3. The van der Waals surface area contributed by atoms with Crippen LogP contribution in [-0.4, -0.2) is 45.0 Å². The SMILES string of the molecule is C[C@]12C[C@@H](c3cccc(C(F)(F)F)c3)N(CC(=O)Nc3nncs3)[C@H]1CCCCC(=O)N2. The second kappa shape index (κ2) is 8.78. The van der Waals surface area contributed by atoms with Crippen LogP contribution in [0.25, 0.3) is 0 Å². The number of anilines is 1. The molecule has 1 aromatic carbocycles. The van der Waals surface area contributed by atoms with Crippen LogP contribution >= 0.6 is 11.3 Å². The first-order valence-electron chi connectivity index (χ1n) is 10.5. The molecular formula is C21H24F3N5O2S. The zero-order chi connectivity index (χ0) is 22.9. The first-order chi connectivity index (χ1) is 15.2. The maximum absolute atomic E-state index is 13.4. The standard InChI is InChI=1S/C21H24F3N5O2S/c1-20-10-15(13-5-4-6-14(9-13)21(22,23)24)29(11-18(31)26-19-28-25-12-32-19)16(20)7-2-3-8-17(30)27-20/h4-6,9,12,15-16H,2-3,7-8,10-11H2,1H3,(H,27,30)(H,26,28,31)/t15-,16-,20-/m0/s1. The molecule has 3 heterocycles. The molecule has 2 amide bonds. The quantitative estimate of drug-likeness (QED) is 0.715. The van der Waals surface area contributed by atoms with Crippen LogP contribution in [0.4, 0.5) is 18.3 Å². The number of nitrogens with zero attached hydrogens (tertiary/aromatic N) is 3. The lowest BCUT2D eigenvalue weighted by molar-refractivity contribution is -0.137. The number of nitrogens with one attached hydrogen (secondary N) is 2. The summed E-state index contributed by atoms with van der Waals surface area (Å²) in [6.45, 7) is 1.89. The van der Waals surface area contributed by atoms with E-state index < -0.39 is 23.3 Å². The Hall–Kier alpha value is -2.53. The van der Waals surface area contributed by atoms with Gasteiger partial charge in [0.25, 0.3) is 0 Å². The number of amides is 2. The third-order valence-electron chi connectivity index (χ3n) is 6.24. The van der Waals surface area contributed by atoms with Gasteiger partial charge in [-0.25, -0.2) is 0 Å². The van der Waals surface area contributed by atoms with Crippen molar-refractivity contribution >= 4 is 28.3 Å². The Morgan fingerprint density at radius 3 is 2.91 bits per heavy atom. The summed E-state index contributed by atoms with van der Waals surface area (Å²) in [6, 6.07) is 4.58. The summed E-state index contributed by atoms with van der Waals surface area (Å²) in [5, 5.41) is 13.7. The summed E-state index contributed by atoms with van der Waals surface area (Å²) in [5.41, 5.74) is 0.593. The molecular weight excluding hydrogens is 443 g/mol. The molecule has 2 N–H and O–H groups in total. The van der Waals surface area contributed by atoms with Crippen molar-refractivity contribution in [2.75, 3.05) is 11.9 Å². The fraction of sp³-hybridized carbons (Fsp3) is 0.524. The Bertz CT molecular complexity index is 984. The number of benzene rings is 1. The van der Waals surface area contributed by atoms with Crippen molar-refractivity contribution in [3.63, 3.8) is 0 Å². The van der Waals surface area contributed by atoms with E-state index in [-0.39, 0.29) is 24.4 Å². The fourth-order valence-corrected chi connectivity index (χ4v) is 5.33. The van der Waals surface area contributed by atoms with E-state index >= 15 is 0 Å². The van der Waals surface area contributed by atoms with E-state index in [0.29, 0.717) is 23.5 Å². The average molecular weight is 468 g/mol. The molecule has 2 saturated heterocycles. The molecule has 1 aromatic heterocycles. The number of alkyl halides is 3. The zero-order valence-electron chi connectivity index (χ0n) is 17.5. The van der Waals surface area contributed by atoms with Crippen molar-refractivity contribution in [3.8, 4) is 0 Å². The number of fused-ring (bicyclic) bond motifs is 1. The van der Waals surface area contributed by atoms with Crippen LogP contribution in [0, 0.1) is 0 Å². The van der Waals surface area contributed by atoms with E-state index in [0.717, 1.165) is 31.4 Å². The van der Waals surface area contributed by atoms with Crippen LogP contribution in [0.5, 0.6) is 0 Å². The summed E-state index contributed by atoms with van der Waals surface area (Å²) in [5.74, 6) is -0.392. The summed E-state index contributed by atoms with van der Waals surface area (Å²) in [7, 11) is 0. The predicted molar refractivity (Wildman–Crippen MR) is 113 cm³/mol. The van der Waals surface area contributed by atoms with Crippen molar-refractivity contribution in [1.29, 1.82) is 0 Å². The summed E-state index contributed by atoms with van der Waals surface area (Å²) in [4.78, 5) is 27.1. The molecule has 7 nitrogen and oxygen atoms in total. The summed E-state index contributed by atoms with van der Waals surface area (Å²) >= 11 is 1.18. The van der Waals surface area contributed by atoms with Gasteiger partial charge in [0.05, 0.1) is 17.6 Å². The van der Waals surface area contributed by atoms with Gasteiger partial charge >= 0.3 is 6.18 Å². The smallest absolute Gasteiger partial charge is 0.349 e. The minimum absolute atomic E-state index is 0.0311. The van der Waals surface area contributed by atoms with Gasteiger partial charge in [0, 0.05) is 18.5 Å². The third kappa shape index (κ3) is 4.78. The van der Waals surface area contributed by atoms with Gasteiger partial charge < -0.3 is 5.32 Å². The Kier molecular flexibility index (Phi) is 6.22. The maximum Gasteiger partial charge on any atom is 0.416 e. The van der Waals surface area contributed by atoms with E-state index in [1.165, 1.54) is 22.9 Å². The molecule has 0 aliphatic carbocycles. The highest BCUT2D eigenvalue weighted by atomic mass is 32.1. The van der Waals surface area contributed by atoms with E-state index in [2.05, 4.69) is 20.8 Å². The highest BCUT2D eigenvalue weighted by Gasteiger charge is 2.51. The topological polar surface area (TPSA) is 87.2 Å². The molecule has 0 radical (unpaired) electrons. The molecule has 11 heteroatoms. The number of carbonyl (C=O) groups is 2. The highest BCUT2D eigenvalue weighted by molar-refractivity contribution is 7.13. The van der Waals surface area contributed by atoms with Gasteiger partial charge in [-0.2, -0.15) is 13.2 Å². The number of carbonyl (C=O) groups excluding carboxylic acids is 2. The normalized spacial score (nSPS) is 26.7. The molecule has 172 valence electrons. The second-order valence-corrected chi connectivity index (χ2v) is 9.37. The van der Waals surface area contributed by atoms with Crippen molar-refractivity contribution < 1.29 is 22.8 Å². The number of halogens is 3. The molecule has 0 bridgehead atoms. The summed E-state index contributed by atoms with van der Waals surface area (Å²) in [6.07, 6.45) is -1.35. The van der Waals surface area contributed by atoms with Gasteiger partial charge in [0.15, 0.2) is 0 Å². The number of hydrogen-bond acceptors (Lipinski definition) is 6. The molecule has 4 rings (SSSR count). The molecule has 0 spiro atoms. The highest BCUT2D eigenvalue weighted by Crippen LogP contribution is 2.45. The molecule has 2 fully saturated rings. The number of rotatable bonds is 4. The maximum atomic E-state index is 13.4. The predicted octanol–water partition coefficient (Wildman–Crippen LogP) is 3.76. The molecule has 32 heavy (non-hydrogen) atoms. The van der Waals surface area contributed by atoms with Crippen LogP contribution in [0.1, 0.15) is 56.2 Å². The van der Waals surface area contributed by atoms with E-state index in [1.54, 1.807) is 6.07 Å². The van der Waals surface area contributed by atoms with Crippen LogP contribution in [0.3, 0.4) is 0 Å². The van der Waals surface area contributed by atoms with Crippen LogP contribution in [-0.2, 0) is 15.8 Å². The van der Waals surface area contributed by atoms with E-state index in [9.17, 15) is 22.8 Å². The van der Waals surface area contributed by atoms with Crippen molar-refractivity contribution in [2.45, 2.75) is 62.8 Å². The molecule has 2 aromatic rings. The van der Waals surface area contributed by atoms with E-state index in [4.69, 9.17) is 0 Å². The van der Waals surface area contributed by atoms with E-state index in [1.807, 2.05) is 11.8 Å². The molecule has 3 atom stereocenters. The minimum Gasteiger partial charge on any atom is -0.349 e. The average Bonchev–Trinajstić information content (AvgIpc) is 3.30. The Balaban J connectivity index is 1.67. The zero-order valence-corrected chi connectivity index (χ0v) is 18.3. The fourth-order valence-electron chi connectivity index (χ4n) is 4.87. The van der Waals surface area contributed by atoms with Crippen LogP contribution in [0.2, 0.25) is 0 Å². The van der Waals surface area contributed by atoms with Gasteiger partial charge in [-0.15, -0.1) is 10.2 Å². The molecule has 2 aliphatic heterocycles. The van der Waals surface area contributed by atoms with Gasteiger partial charge in [0.2, 0.25) is 16.9 Å². The van der Waals surface area contributed by atoms with Gasteiger partial charge in [-0.1, -0.05) is 29.9 Å². The van der Waals surface area contributed by atoms with Gasteiger partial charge in [0.1, 0.15) is 5.51 Å². The van der Waals surface area contributed by atoms with Crippen molar-refractivity contribution in [3.05, 3.63) is 40.9 Å². The third-order valence-corrected chi connectivity index (χ3v) is 6.85. The van der Waals surface area contributed by atoms with Crippen LogP contribution in [0.15, 0.2) is 29.8 Å². The lowest BCUT2D eigenvalue weighted by atomic mass is 9.85. The monoisotopic (exact) mass is 467 g/mol. The van der Waals surface area contributed by atoms with Crippen molar-refractivity contribution in [2.24, 2.45) is 0 Å². The number of hydrogen-bond donors (Lipinski definition) is 2. The van der Waals surface area contributed by atoms with Gasteiger partial charge in [-0.3, -0.25) is 19.8 Å². The van der Waals surface area contributed by atoms with Gasteiger partial charge in [-0.05, 0) is 43.9 Å². The number of aromatic nitrogens is 2. The molecule has 2 aliphatic rings. The molecule has 0 saturated carbocycles. The minimum atomic E-state index is -4.46.